The van der Waals surface area contributed by atoms with Crippen molar-refractivity contribution < 1.29 is 9.21 Å². The highest BCUT2D eigenvalue weighted by Gasteiger charge is 2.21. The number of carbonyl (C=O) groups is 1. The van der Waals surface area contributed by atoms with Crippen LogP contribution in [0.3, 0.4) is 0 Å². The minimum absolute atomic E-state index is 0.284. The number of hydrogen-bond acceptors (Lipinski definition) is 6. The predicted molar refractivity (Wildman–Crippen MR) is 89.6 cm³/mol. The van der Waals surface area contributed by atoms with Gasteiger partial charge in [-0.2, -0.15) is 10.1 Å². The van der Waals surface area contributed by atoms with Gasteiger partial charge in [0.25, 0.3) is 5.91 Å². The molecule has 0 spiro atoms. The normalized spacial score (nSPS) is 10.7. The molecule has 4 rings (SSSR count). The van der Waals surface area contributed by atoms with Crippen LogP contribution >= 0.6 is 11.3 Å². The Kier molecular flexibility index (Phi) is 3.64. The Balaban J connectivity index is 1.77. The smallest absolute Gasteiger partial charge is 0.270 e. The van der Waals surface area contributed by atoms with Gasteiger partial charge in [0.05, 0.1) is 12.0 Å². The molecule has 0 fully saturated rings. The quantitative estimate of drug-likeness (QED) is 0.594. The number of rotatable bonds is 4. The molecule has 2 N–H and O–H groups in total. The fourth-order valence-electron chi connectivity index (χ4n) is 2.20. The molecule has 1 amide bonds. The van der Waals surface area contributed by atoms with Gasteiger partial charge in [0.1, 0.15) is 11.2 Å². The molecule has 0 atom stereocenters. The Hall–Kier alpha value is -3.26. The summed E-state index contributed by atoms with van der Waals surface area (Å²) >= 11 is 1.26. The van der Waals surface area contributed by atoms with Gasteiger partial charge in [0.2, 0.25) is 5.95 Å². The molecule has 0 aliphatic heterocycles. The van der Waals surface area contributed by atoms with E-state index in [9.17, 15) is 4.79 Å². The third kappa shape index (κ3) is 2.70. The number of aromatic nitrogens is 4. The summed E-state index contributed by atoms with van der Waals surface area (Å²) in [5.41, 5.74) is 1.46. The van der Waals surface area contributed by atoms with Crippen LogP contribution in [0, 0.1) is 0 Å². The van der Waals surface area contributed by atoms with Crippen molar-refractivity contribution >= 4 is 23.2 Å². The summed E-state index contributed by atoms with van der Waals surface area (Å²) in [5.74, 6) is 0.601. The number of nitrogens with one attached hydrogen (secondary N) is 2. The summed E-state index contributed by atoms with van der Waals surface area (Å²) in [4.78, 5) is 21.6. The van der Waals surface area contributed by atoms with Gasteiger partial charge in [0, 0.05) is 5.56 Å². The van der Waals surface area contributed by atoms with E-state index < -0.39 is 0 Å². The zero-order chi connectivity index (χ0) is 16.4. The van der Waals surface area contributed by atoms with E-state index in [0.717, 1.165) is 5.56 Å². The number of benzene rings is 1. The van der Waals surface area contributed by atoms with Gasteiger partial charge < -0.3 is 4.42 Å². The average molecular weight is 337 g/mol. The van der Waals surface area contributed by atoms with E-state index in [0.29, 0.717) is 21.3 Å². The monoisotopic (exact) mass is 337 g/mol. The van der Waals surface area contributed by atoms with Crippen molar-refractivity contribution in [2.24, 2.45) is 0 Å². The molecule has 0 saturated carbocycles. The Morgan fingerprint density at radius 3 is 2.75 bits per heavy atom. The second-order valence-electron chi connectivity index (χ2n) is 4.83. The van der Waals surface area contributed by atoms with Gasteiger partial charge in [-0.05, 0) is 12.1 Å². The third-order valence-electron chi connectivity index (χ3n) is 3.26. The highest BCUT2D eigenvalue weighted by Crippen LogP contribution is 2.34. The maximum atomic E-state index is 12.6. The summed E-state index contributed by atoms with van der Waals surface area (Å²) < 4.78 is 5.40. The van der Waals surface area contributed by atoms with Crippen molar-refractivity contribution in [3.63, 3.8) is 0 Å². The first kappa shape index (κ1) is 14.3. The Labute approximate surface area is 140 Å². The number of nitrogens with zero attached hydrogens (tertiary/aromatic N) is 3. The van der Waals surface area contributed by atoms with Crippen LogP contribution in [0.25, 0.3) is 22.0 Å². The number of hydrogen-bond donors (Lipinski definition) is 2. The summed E-state index contributed by atoms with van der Waals surface area (Å²) in [6, 6.07) is 13.1. The molecule has 7 nitrogen and oxygen atoms in total. The van der Waals surface area contributed by atoms with E-state index in [-0.39, 0.29) is 11.9 Å². The first-order chi connectivity index (χ1) is 11.8. The summed E-state index contributed by atoms with van der Waals surface area (Å²) in [7, 11) is 0. The molecular formula is C16H11N5O2S. The standard InChI is InChI=1S/C16H11N5O2S/c22-14(20-16-17-9-18-21-16)13-12(10-5-2-1-3-6-10)19-15(24-13)11-7-4-8-23-11/h1-9H,(H2,17,18,20,21,22). The van der Waals surface area contributed by atoms with Crippen molar-refractivity contribution in [1.82, 2.24) is 20.2 Å². The first-order valence-electron chi connectivity index (χ1n) is 7.08. The van der Waals surface area contributed by atoms with E-state index in [4.69, 9.17) is 4.42 Å². The molecule has 0 radical (unpaired) electrons. The van der Waals surface area contributed by atoms with Crippen LogP contribution in [0.15, 0.2) is 59.5 Å². The lowest BCUT2D eigenvalue weighted by Crippen LogP contribution is -2.12. The van der Waals surface area contributed by atoms with Crippen molar-refractivity contribution in [2.45, 2.75) is 0 Å². The summed E-state index contributed by atoms with van der Waals surface area (Å²) in [6.07, 6.45) is 2.90. The molecule has 3 heterocycles. The van der Waals surface area contributed by atoms with Gasteiger partial charge in [-0.15, -0.1) is 11.3 Å². The highest BCUT2D eigenvalue weighted by molar-refractivity contribution is 7.17. The molecule has 0 saturated heterocycles. The van der Waals surface area contributed by atoms with Crippen LogP contribution in [0.1, 0.15) is 9.67 Å². The first-order valence-corrected chi connectivity index (χ1v) is 7.90. The van der Waals surface area contributed by atoms with Gasteiger partial charge >= 0.3 is 0 Å². The Morgan fingerprint density at radius 2 is 2.04 bits per heavy atom. The fourth-order valence-corrected chi connectivity index (χ4v) is 3.15. The Morgan fingerprint density at radius 1 is 1.17 bits per heavy atom. The second kappa shape index (κ2) is 6.09. The van der Waals surface area contributed by atoms with E-state index in [1.165, 1.54) is 17.7 Å². The largest absolute Gasteiger partial charge is 0.462 e. The van der Waals surface area contributed by atoms with Crippen LogP contribution < -0.4 is 5.32 Å². The van der Waals surface area contributed by atoms with Crippen LogP contribution in [-0.4, -0.2) is 26.1 Å². The zero-order valence-electron chi connectivity index (χ0n) is 12.3. The predicted octanol–water partition coefficient (Wildman–Crippen LogP) is 3.44. The lowest BCUT2D eigenvalue weighted by molar-refractivity contribution is 0.103. The molecule has 0 unspecified atom stereocenters. The van der Waals surface area contributed by atoms with E-state index in [1.54, 1.807) is 12.3 Å². The number of carbonyl (C=O) groups excluding carboxylic acids is 1. The molecule has 4 aromatic rings. The van der Waals surface area contributed by atoms with Crippen LogP contribution in [-0.2, 0) is 0 Å². The van der Waals surface area contributed by atoms with Crippen LogP contribution in [0.2, 0.25) is 0 Å². The average Bonchev–Trinajstić information content (AvgIpc) is 3.36. The lowest BCUT2D eigenvalue weighted by Gasteiger charge is -2.02. The minimum Gasteiger partial charge on any atom is -0.462 e. The number of furan rings is 1. The zero-order valence-corrected chi connectivity index (χ0v) is 13.1. The minimum atomic E-state index is -0.305. The molecule has 8 heteroatoms. The molecule has 3 aromatic heterocycles. The van der Waals surface area contributed by atoms with E-state index in [2.05, 4.69) is 25.5 Å². The number of aromatic amines is 1. The van der Waals surface area contributed by atoms with E-state index >= 15 is 0 Å². The number of thiazole rings is 1. The van der Waals surface area contributed by atoms with Crippen molar-refractivity contribution in [2.75, 3.05) is 5.32 Å². The Bertz CT molecular complexity index is 946. The molecule has 118 valence electrons. The number of H-pyrrole nitrogens is 1. The molecule has 0 aliphatic rings. The fraction of sp³-hybridized carbons (Fsp3) is 0. The summed E-state index contributed by atoms with van der Waals surface area (Å²) in [5, 5.41) is 9.64. The molecular weight excluding hydrogens is 326 g/mol. The van der Waals surface area contributed by atoms with Crippen LogP contribution in [0.4, 0.5) is 5.95 Å². The summed E-state index contributed by atoms with van der Waals surface area (Å²) in [6.45, 7) is 0. The highest BCUT2D eigenvalue weighted by atomic mass is 32.1. The van der Waals surface area contributed by atoms with Gasteiger partial charge in [0.15, 0.2) is 10.8 Å². The molecule has 1 aromatic carbocycles. The SMILES string of the molecule is O=C(Nc1ncn[nH]1)c1sc(-c2ccco2)nc1-c1ccccc1. The third-order valence-corrected chi connectivity index (χ3v) is 4.33. The van der Waals surface area contributed by atoms with Gasteiger partial charge in [-0.1, -0.05) is 30.3 Å². The van der Waals surface area contributed by atoms with E-state index in [1.807, 2.05) is 36.4 Å². The van der Waals surface area contributed by atoms with Gasteiger partial charge in [-0.3, -0.25) is 10.1 Å². The second-order valence-corrected chi connectivity index (χ2v) is 5.83. The number of amides is 1. The lowest BCUT2D eigenvalue weighted by atomic mass is 10.1. The molecule has 24 heavy (non-hydrogen) atoms. The maximum absolute atomic E-state index is 12.6. The topological polar surface area (TPSA) is 96.7 Å². The number of anilines is 1. The molecule has 0 aliphatic carbocycles. The van der Waals surface area contributed by atoms with Crippen molar-refractivity contribution in [1.29, 1.82) is 0 Å². The van der Waals surface area contributed by atoms with Crippen molar-refractivity contribution in [3.05, 3.63) is 59.9 Å². The van der Waals surface area contributed by atoms with Crippen molar-refractivity contribution in [3.8, 4) is 22.0 Å². The molecule has 0 bridgehead atoms. The van der Waals surface area contributed by atoms with Gasteiger partial charge in [-0.25, -0.2) is 10.1 Å². The maximum Gasteiger partial charge on any atom is 0.270 e. The van der Waals surface area contributed by atoms with Crippen LogP contribution in [0.5, 0.6) is 0 Å².